The molecule has 22 heavy (non-hydrogen) atoms. The number of methoxy groups -OCH3 is 1. The fourth-order valence-electron chi connectivity index (χ4n) is 0.982. The van der Waals surface area contributed by atoms with Crippen LogP contribution in [0, 0.1) is 0 Å². The minimum absolute atomic E-state index is 0.0244. The van der Waals surface area contributed by atoms with Gasteiger partial charge in [0.05, 0.1) is 19.8 Å². The zero-order valence-corrected chi connectivity index (χ0v) is 11.0. The third-order valence-corrected chi connectivity index (χ3v) is 2.19. The first-order chi connectivity index (χ1) is 9.92. The molecule has 0 atom stereocenters. The van der Waals surface area contributed by atoms with Crippen LogP contribution in [-0.2, 0) is 23.8 Å². The molecule has 0 spiro atoms. The van der Waals surface area contributed by atoms with E-state index in [9.17, 15) is 41.0 Å². The van der Waals surface area contributed by atoms with Gasteiger partial charge in [-0.15, -0.1) is 0 Å². The van der Waals surface area contributed by atoms with Crippen molar-refractivity contribution in [1.82, 2.24) is 0 Å². The fourth-order valence-corrected chi connectivity index (χ4v) is 0.982. The first kappa shape index (κ1) is 20.4. The molecule has 12 heteroatoms. The molecular weight excluding hydrogens is 330 g/mol. The second kappa shape index (κ2) is 7.63. The summed E-state index contributed by atoms with van der Waals surface area (Å²) in [4.78, 5) is 20.6. The van der Waals surface area contributed by atoms with Crippen molar-refractivity contribution in [3.8, 4) is 0 Å². The lowest BCUT2D eigenvalue weighted by atomic mass is 10.0. The second-order valence-electron chi connectivity index (χ2n) is 3.75. The van der Waals surface area contributed by atoms with E-state index in [1.54, 1.807) is 0 Å². The van der Waals surface area contributed by atoms with Gasteiger partial charge >= 0.3 is 23.7 Å². The Bertz CT molecular complexity index is 399. The first-order valence-corrected chi connectivity index (χ1v) is 5.51. The van der Waals surface area contributed by atoms with Crippen molar-refractivity contribution in [2.24, 2.45) is 0 Å². The summed E-state index contributed by atoms with van der Waals surface area (Å²) in [6.07, 6.45) is 0. The van der Waals surface area contributed by atoms with Crippen molar-refractivity contribution in [2.75, 3.05) is 33.5 Å². The zero-order valence-electron chi connectivity index (χ0n) is 11.0. The van der Waals surface area contributed by atoms with Crippen molar-refractivity contribution in [3.63, 3.8) is 0 Å². The third-order valence-electron chi connectivity index (χ3n) is 2.19. The van der Waals surface area contributed by atoms with Gasteiger partial charge in [-0.2, -0.15) is 26.3 Å². The molecule has 0 aromatic heterocycles. The summed E-state index contributed by atoms with van der Waals surface area (Å²) in [7, 11) is 1.32. The fraction of sp³-hybridized carbons (Fsp3) is 0.800. The normalized spacial score (nSPS) is 13.0. The molecule has 0 aliphatic carbocycles. The van der Waals surface area contributed by atoms with E-state index in [0.717, 1.165) is 0 Å². The molecule has 0 heterocycles. The van der Waals surface area contributed by atoms with Gasteiger partial charge in [-0.3, -0.25) is 0 Å². The summed E-state index contributed by atoms with van der Waals surface area (Å²) in [5.74, 6) is -25.7. The van der Waals surface area contributed by atoms with E-state index in [2.05, 4.69) is 14.2 Å². The Balaban J connectivity index is 4.71. The van der Waals surface area contributed by atoms with Crippen LogP contribution in [-0.4, -0.2) is 63.2 Å². The molecule has 0 aliphatic heterocycles. The van der Waals surface area contributed by atoms with Crippen LogP contribution in [0.4, 0.5) is 26.3 Å². The Morgan fingerprint density at radius 2 is 1.41 bits per heavy atom. The molecule has 0 radical (unpaired) electrons. The topological polar surface area (TPSA) is 84.9 Å². The Morgan fingerprint density at radius 1 is 0.909 bits per heavy atom. The number of halogens is 6. The maximum atomic E-state index is 13.0. The lowest BCUT2D eigenvalue weighted by Crippen LogP contribution is -2.64. The number of carbonyl (C=O) groups is 2. The van der Waals surface area contributed by atoms with Crippen molar-refractivity contribution < 1.29 is 55.2 Å². The van der Waals surface area contributed by atoms with Gasteiger partial charge in [0.2, 0.25) is 0 Å². The minimum atomic E-state index is -6.53. The average molecular weight is 341 g/mol. The number of rotatable bonds is 10. The standard InChI is InChI=1S/C10H12F6O6/c1-20-2-3-21-4-5-22-7(19)9(13,14)10(15,16)8(11,12)6(17)18/h2-5H2,1H3,(H,17,18)/p-1. The van der Waals surface area contributed by atoms with Gasteiger partial charge in [-0.05, 0) is 0 Å². The SMILES string of the molecule is COCCOCCOC(=O)C(F)(F)C(F)(F)C(F)(F)C(=O)[O-]. The molecule has 0 saturated carbocycles. The van der Waals surface area contributed by atoms with Crippen molar-refractivity contribution in [3.05, 3.63) is 0 Å². The van der Waals surface area contributed by atoms with E-state index >= 15 is 0 Å². The number of esters is 1. The summed E-state index contributed by atoms with van der Waals surface area (Å²) in [5, 5.41) is 9.84. The highest BCUT2D eigenvalue weighted by atomic mass is 19.3. The van der Waals surface area contributed by atoms with Crippen molar-refractivity contribution in [1.29, 1.82) is 0 Å². The van der Waals surface area contributed by atoms with Crippen molar-refractivity contribution >= 4 is 11.9 Å². The van der Waals surface area contributed by atoms with Crippen LogP contribution in [0.15, 0.2) is 0 Å². The Hall–Kier alpha value is -1.56. The monoisotopic (exact) mass is 341 g/mol. The number of carboxylic acid groups (broad SMARTS) is 1. The molecule has 0 saturated heterocycles. The summed E-state index contributed by atoms with van der Waals surface area (Å²) in [6, 6.07) is 0. The summed E-state index contributed by atoms with van der Waals surface area (Å²) in [6.45, 7) is -1.35. The second-order valence-corrected chi connectivity index (χ2v) is 3.75. The summed E-state index contributed by atoms with van der Waals surface area (Å²) < 4.78 is 89.8. The molecule has 0 N–H and O–H groups in total. The van der Waals surface area contributed by atoms with Crippen LogP contribution in [0.2, 0.25) is 0 Å². The Labute approximate surface area is 119 Å². The lowest BCUT2D eigenvalue weighted by Gasteiger charge is -2.31. The van der Waals surface area contributed by atoms with E-state index in [1.165, 1.54) is 7.11 Å². The van der Waals surface area contributed by atoms with Gasteiger partial charge in [0.1, 0.15) is 12.6 Å². The van der Waals surface area contributed by atoms with Crippen molar-refractivity contribution in [2.45, 2.75) is 17.8 Å². The van der Waals surface area contributed by atoms with Crippen LogP contribution in [0.3, 0.4) is 0 Å². The number of carbonyl (C=O) groups excluding carboxylic acids is 2. The number of alkyl halides is 6. The third kappa shape index (κ3) is 4.22. The molecule has 0 unspecified atom stereocenters. The summed E-state index contributed by atoms with van der Waals surface area (Å²) in [5.41, 5.74) is 0. The van der Waals surface area contributed by atoms with E-state index < -0.39 is 42.9 Å². The zero-order chi connectivity index (χ0) is 17.6. The average Bonchev–Trinajstić information content (AvgIpc) is 2.41. The molecule has 130 valence electrons. The molecule has 0 aromatic rings. The molecule has 0 bridgehead atoms. The molecule has 6 nitrogen and oxygen atoms in total. The molecule has 0 aliphatic rings. The first-order valence-electron chi connectivity index (χ1n) is 5.51. The highest BCUT2D eigenvalue weighted by Crippen LogP contribution is 2.46. The van der Waals surface area contributed by atoms with Gasteiger partial charge in [-0.25, -0.2) is 4.79 Å². The molecule has 0 aromatic carbocycles. The molecule has 0 fully saturated rings. The van der Waals surface area contributed by atoms with Crippen LogP contribution in [0.5, 0.6) is 0 Å². The number of hydrogen-bond acceptors (Lipinski definition) is 6. The number of carboxylic acids is 1. The highest BCUT2D eigenvalue weighted by molar-refractivity contribution is 5.83. The van der Waals surface area contributed by atoms with E-state index in [-0.39, 0.29) is 13.2 Å². The highest BCUT2D eigenvalue weighted by Gasteiger charge is 2.76. The number of hydrogen-bond donors (Lipinski definition) is 0. The lowest BCUT2D eigenvalue weighted by molar-refractivity contribution is -0.366. The van der Waals surface area contributed by atoms with Crippen LogP contribution < -0.4 is 5.11 Å². The number of aliphatic carboxylic acids is 1. The predicted octanol–water partition coefficient (Wildman–Crippen LogP) is -0.152. The summed E-state index contributed by atoms with van der Waals surface area (Å²) >= 11 is 0. The van der Waals surface area contributed by atoms with Gasteiger partial charge in [0.15, 0.2) is 0 Å². The van der Waals surface area contributed by atoms with E-state index in [1.807, 2.05) is 0 Å². The Morgan fingerprint density at radius 3 is 1.86 bits per heavy atom. The Kier molecular flexibility index (Phi) is 7.09. The van der Waals surface area contributed by atoms with Gasteiger partial charge < -0.3 is 24.1 Å². The maximum Gasteiger partial charge on any atom is 0.411 e. The maximum absolute atomic E-state index is 13.0. The van der Waals surface area contributed by atoms with Gasteiger partial charge in [0, 0.05) is 7.11 Å². The van der Waals surface area contributed by atoms with Gasteiger partial charge in [-0.1, -0.05) is 0 Å². The number of ether oxygens (including phenoxy) is 3. The quantitative estimate of drug-likeness (QED) is 0.312. The predicted molar refractivity (Wildman–Crippen MR) is 53.5 cm³/mol. The van der Waals surface area contributed by atoms with Gasteiger partial charge in [0.25, 0.3) is 0 Å². The van der Waals surface area contributed by atoms with Crippen LogP contribution in [0.25, 0.3) is 0 Å². The minimum Gasteiger partial charge on any atom is -0.544 e. The van der Waals surface area contributed by atoms with Crippen LogP contribution >= 0.6 is 0 Å². The largest absolute Gasteiger partial charge is 0.544 e. The van der Waals surface area contributed by atoms with E-state index in [4.69, 9.17) is 0 Å². The molecule has 0 amide bonds. The molecule has 0 rings (SSSR count). The van der Waals surface area contributed by atoms with E-state index in [0.29, 0.717) is 0 Å². The molecular formula is C10H11F6O6-. The smallest absolute Gasteiger partial charge is 0.411 e. The van der Waals surface area contributed by atoms with Crippen LogP contribution in [0.1, 0.15) is 0 Å².